The van der Waals surface area contributed by atoms with Gasteiger partial charge in [-0.3, -0.25) is 14.6 Å². The average molecular weight is 360 g/mol. The number of nitrogens with zero attached hydrogens (tertiary/aromatic N) is 2. The Morgan fingerprint density at radius 3 is 2.44 bits per heavy atom. The van der Waals surface area contributed by atoms with Gasteiger partial charge in [-0.15, -0.1) is 0 Å². The number of hydrogen-bond donors (Lipinski definition) is 2. The van der Waals surface area contributed by atoms with Crippen molar-refractivity contribution < 1.29 is 14.0 Å². The molecule has 2 aromatic carbocycles. The molecular weight excluding hydrogens is 347 g/mol. The third-order valence-electron chi connectivity index (χ3n) is 3.65. The summed E-state index contributed by atoms with van der Waals surface area (Å²) in [6.45, 7) is 0. The van der Waals surface area contributed by atoms with Crippen LogP contribution in [0.15, 0.2) is 66.9 Å². The summed E-state index contributed by atoms with van der Waals surface area (Å²) in [5.41, 5.74) is 1.33. The Bertz CT molecular complexity index is 1040. The second-order valence-electron chi connectivity index (χ2n) is 5.50. The summed E-state index contributed by atoms with van der Waals surface area (Å²) in [5, 5.41) is 14.3. The lowest BCUT2D eigenvalue weighted by Crippen LogP contribution is -2.17. The van der Waals surface area contributed by atoms with Crippen LogP contribution in [-0.2, 0) is 0 Å². The molecule has 1 heterocycles. The van der Waals surface area contributed by atoms with Crippen LogP contribution < -0.4 is 10.6 Å². The SMILES string of the molecule is N#Cc1ccccc1NC(=O)c1cc(C(=O)Nc2ccc(F)cc2)ccn1. The lowest BCUT2D eigenvalue weighted by atomic mass is 10.1. The van der Waals surface area contributed by atoms with Crippen molar-refractivity contribution in [1.29, 1.82) is 5.26 Å². The molecule has 132 valence electrons. The number of hydrogen-bond acceptors (Lipinski definition) is 4. The molecule has 1 aromatic heterocycles. The first-order valence-corrected chi connectivity index (χ1v) is 7.90. The summed E-state index contributed by atoms with van der Waals surface area (Å²) in [6.07, 6.45) is 1.34. The Labute approximate surface area is 154 Å². The normalized spacial score (nSPS) is 9.93. The Morgan fingerprint density at radius 1 is 0.963 bits per heavy atom. The van der Waals surface area contributed by atoms with E-state index in [0.717, 1.165) is 0 Å². The molecule has 0 spiro atoms. The molecule has 0 aliphatic carbocycles. The zero-order valence-corrected chi connectivity index (χ0v) is 13.9. The number of rotatable bonds is 4. The van der Waals surface area contributed by atoms with Gasteiger partial charge in [0.2, 0.25) is 0 Å². The summed E-state index contributed by atoms with van der Waals surface area (Å²) < 4.78 is 12.9. The number of aromatic nitrogens is 1. The molecule has 2 amide bonds. The summed E-state index contributed by atoms with van der Waals surface area (Å²) in [7, 11) is 0. The van der Waals surface area contributed by atoms with Gasteiger partial charge in [-0.25, -0.2) is 4.39 Å². The van der Waals surface area contributed by atoms with E-state index in [2.05, 4.69) is 15.6 Å². The van der Waals surface area contributed by atoms with Crippen LogP contribution >= 0.6 is 0 Å². The van der Waals surface area contributed by atoms with E-state index in [0.29, 0.717) is 16.9 Å². The van der Waals surface area contributed by atoms with E-state index in [9.17, 15) is 14.0 Å². The van der Waals surface area contributed by atoms with Crippen LogP contribution in [0.25, 0.3) is 0 Å². The van der Waals surface area contributed by atoms with Gasteiger partial charge in [-0.2, -0.15) is 5.26 Å². The molecule has 6 nitrogen and oxygen atoms in total. The quantitative estimate of drug-likeness (QED) is 0.743. The Hall–Kier alpha value is -4.05. The van der Waals surface area contributed by atoms with Crippen molar-refractivity contribution in [2.75, 3.05) is 10.6 Å². The zero-order valence-electron chi connectivity index (χ0n) is 13.9. The molecule has 0 unspecified atom stereocenters. The van der Waals surface area contributed by atoms with Crippen molar-refractivity contribution in [3.63, 3.8) is 0 Å². The Kier molecular flexibility index (Phi) is 5.19. The molecular formula is C20H13FN4O2. The summed E-state index contributed by atoms with van der Waals surface area (Å²) in [4.78, 5) is 28.7. The zero-order chi connectivity index (χ0) is 19.2. The summed E-state index contributed by atoms with van der Waals surface area (Å²) >= 11 is 0. The second-order valence-corrected chi connectivity index (χ2v) is 5.50. The molecule has 0 saturated carbocycles. The van der Waals surface area contributed by atoms with Crippen LogP contribution in [0.2, 0.25) is 0 Å². The van der Waals surface area contributed by atoms with E-state index in [4.69, 9.17) is 5.26 Å². The fourth-order valence-corrected chi connectivity index (χ4v) is 2.31. The predicted molar refractivity (Wildman–Crippen MR) is 97.7 cm³/mol. The van der Waals surface area contributed by atoms with E-state index in [-0.39, 0.29) is 11.3 Å². The number of benzene rings is 2. The summed E-state index contributed by atoms with van der Waals surface area (Å²) in [6, 6.07) is 16.7. The van der Waals surface area contributed by atoms with E-state index in [1.54, 1.807) is 24.3 Å². The molecule has 3 aromatic rings. The molecule has 0 bridgehead atoms. The topological polar surface area (TPSA) is 94.9 Å². The highest BCUT2D eigenvalue weighted by atomic mass is 19.1. The van der Waals surface area contributed by atoms with Crippen LogP contribution in [0, 0.1) is 17.1 Å². The molecule has 3 rings (SSSR count). The van der Waals surface area contributed by atoms with Gasteiger partial charge in [0.05, 0.1) is 11.3 Å². The Balaban J connectivity index is 1.76. The van der Waals surface area contributed by atoms with Gasteiger partial charge in [0.25, 0.3) is 11.8 Å². The lowest BCUT2D eigenvalue weighted by Gasteiger charge is -2.08. The van der Waals surface area contributed by atoms with Crippen molar-refractivity contribution in [2.24, 2.45) is 0 Å². The number of anilines is 2. The predicted octanol–water partition coefficient (Wildman–Crippen LogP) is 3.60. The van der Waals surface area contributed by atoms with Crippen LogP contribution in [-0.4, -0.2) is 16.8 Å². The maximum Gasteiger partial charge on any atom is 0.274 e. The number of carbonyl (C=O) groups excluding carboxylic acids is 2. The highest BCUT2D eigenvalue weighted by Crippen LogP contribution is 2.15. The van der Waals surface area contributed by atoms with Gasteiger partial charge in [0.15, 0.2) is 0 Å². The first kappa shape index (κ1) is 17.8. The number of pyridine rings is 1. The van der Waals surface area contributed by atoms with Crippen LogP contribution in [0.4, 0.5) is 15.8 Å². The average Bonchev–Trinajstić information content (AvgIpc) is 2.70. The van der Waals surface area contributed by atoms with E-state index in [1.165, 1.54) is 42.6 Å². The van der Waals surface area contributed by atoms with E-state index in [1.807, 2.05) is 6.07 Å². The van der Waals surface area contributed by atoms with Gasteiger partial charge >= 0.3 is 0 Å². The fraction of sp³-hybridized carbons (Fsp3) is 0. The van der Waals surface area contributed by atoms with Crippen molar-refractivity contribution >= 4 is 23.2 Å². The molecule has 27 heavy (non-hydrogen) atoms. The second kappa shape index (κ2) is 7.89. The maximum atomic E-state index is 12.9. The Morgan fingerprint density at radius 2 is 1.70 bits per heavy atom. The largest absolute Gasteiger partial charge is 0.322 e. The number of nitrogens with one attached hydrogen (secondary N) is 2. The standard InChI is InChI=1S/C20H13FN4O2/c21-15-5-7-16(8-6-15)24-19(26)13-9-10-23-18(11-13)20(27)25-17-4-2-1-3-14(17)12-22/h1-11H,(H,24,26)(H,25,27). The van der Waals surface area contributed by atoms with Crippen molar-refractivity contribution in [1.82, 2.24) is 4.98 Å². The molecule has 0 saturated heterocycles. The van der Waals surface area contributed by atoms with Crippen LogP contribution in [0.3, 0.4) is 0 Å². The molecule has 0 atom stereocenters. The molecule has 7 heteroatoms. The fourth-order valence-electron chi connectivity index (χ4n) is 2.31. The van der Waals surface area contributed by atoms with Crippen molar-refractivity contribution in [2.45, 2.75) is 0 Å². The minimum absolute atomic E-state index is 0.0227. The molecule has 0 aliphatic heterocycles. The van der Waals surface area contributed by atoms with E-state index >= 15 is 0 Å². The molecule has 0 radical (unpaired) electrons. The smallest absolute Gasteiger partial charge is 0.274 e. The van der Waals surface area contributed by atoms with Gasteiger partial charge in [-0.1, -0.05) is 12.1 Å². The number of halogens is 1. The highest BCUT2D eigenvalue weighted by molar-refractivity contribution is 6.08. The number of para-hydroxylation sites is 1. The third-order valence-corrected chi connectivity index (χ3v) is 3.65. The summed E-state index contributed by atoms with van der Waals surface area (Å²) in [5.74, 6) is -1.42. The van der Waals surface area contributed by atoms with Gasteiger partial charge in [-0.05, 0) is 48.5 Å². The first-order chi connectivity index (χ1) is 13.1. The minimum atomic E-state index is -0.547. The number of carbonyl (C=O) groups is 2. The molecule has 0 fully saturated rings. The third kappa shape index (κ3) is 4.32. The lowest BCUT2D eigenvalue weighted by molar-refractivity contribution is 0.102. The molecule has 0 aliphatic rings. The van der Waals surface area contributed by atoms with Crippen molar-refractivity contribution in [3.8, 4) is 6.07 Å². The van der Waals surface area contributed by atoms with Crippen LogP contribution in [0.1, 0.15) is 26.4 Å². The monoisotopic (exact) mass is 360 g/mol. The minimum Gasteiger partial charge on any atom is -0.322 e. The van der Waals surface area contributed by atoms with Gasteiger partial charge in [0, 0.05) is 17.4 Å². The maximum absolute atomic E-state index is 12.9. The molecule has 2 N–H and O–H groups in total. The van der Waals surface area contributed by atoms with Crippen molar-refractivity contribution in [3.05, 3.63) is 89.5 Å². The van der Waals surface area contributed by atoms with Crippen LogP contribution in [0.5, 0.6) is 0 Å². The first-order valence-electron chi connectivity index (χ1n) is 7.90. The van der Waals surface area contributed by atoms with Gasteiger partial charge in [0.1, 0.15) is 17.6 Å². The van der Waals surface area contributed by atoms with Gasteiger partial charge < -0.3 is 10.6 Å². The number of nitriles is 1. The highest BCUT2D eigenvalue weighted by Gasteiger charge is 2.13. The number of amides is 2. The van der Waals surface area contributed by atoms with E-state index < -0.39 is 17.6 Å².